The van der Waals surface area contributed by atoms with Crippen LogP contribution in [0.2, 0.25) is 0 Å². The zero-order chi connectivity index (χ0) is 25.4. The molecule has 2 amide bonds. The molecule has 3 aromatic rings. The summed E-state index contributed by atoms with van der Waals surface area (Å²) in [5, 5.41) is 2.02. The Hall–Kier alpha value is -2.99. The molecule has 0 N–H and O–H groups in total. The van der Waals surface area contributed by atoms with Gasteiger partial charge in [0.15, 0.2) is 0 Å². The zero-order valence-electron chi connectivity index (χ0n) is 21.0. The van der Waals surface area contributed by atoms with Crippen LogP contribution in [-0.2, 0) is 22.7 Å². The van der Waals surface area contributed by atoms with E-state index in [1.165, 1.54) is 12.1 Å². The number of hydrogen-bond acceptors (Lipinski definition) is 3. The number of nitrogens with zero attached hydrogens (tertiary/aromatic N) is 2. The number of benzene rings is 2. The Bertz CT molecular complexity index is 1100. The second-order valence-electron chi connectivity index (χ2n) is 9.00. The van der Waals surface area contributed by atoms with Crippen molar-refractivity contribution in [1.29, 1.82) is 0 Å². The van der Waals surface area contributed by atoms with Gasteiger partial charge in [-0.3, -0.25) is 9.59 Å². The van der Waals surface area contributed by atoms with Gasteiger partial charge in [0.1, 0.15) is 12.4 Å². The third-order valence-corrected chi connectivity index (χ3v) is 7.57. The zero-order valence-corrected chi connectivity index (χ0v) is 21.9. The second kappa shape index (κ2) is 12.6. The van der Waals surface area contributed by atoms with Crippen molar-refractivity contribution in [2.24, 2.45) is 0 Å². The lowest BCUT2D eigenvalue weighted by Gasteiger charge is -2.34. The lowest BCUT2D eigenvalue weighted by atomic mass is 9.94. The van der Waals surface area contributed by atoms with Crippen molar-refractivity contribution >= 4 is 23.2 Å². The molecular formula is C29H35FN2O2S. The molecule has 0 radical (unpaired) electrons. The average Bonchev–Trinajstić information content (AvgIpc) is 3.28. The molecule has 0 aliphatic heterocycles. The third kappa shape index (κ3) is 7.01. The van der Waals surface area contributed by atoms with Crippen LogP contribution < -0.4 is 0 Å². The van der Waals surface area contributed by atoms with E-state index < -0.39 is 0 Å². The molecule has 6 heteroatoms. The minimum Gasteiger partial charge on any atom is -0.332 e. The molecule has 2 aromatic carbocycles. The molecule has 3 rings (SSSR count). The van der Waals surface area contributed by atoms with Gasteiger partial charge >= 0.3 is 0 Å². The first kappa shape index (κ1) is 26.6. The molecule has 0 bridgehead atoms. The normalized spacial score (nSPS) is 12.7. The van der Waals surface area contributed by atoms with Crippen molar-refractivity contribution in [3.05, 3.63) is 93.4 Å². The number of halogens is 1. The number of hydrogen-bond donors (Lipinski definition) is 0. The molecule has 1 heterocycles. The predicted octanol–water partition coefficient (Wildman–Crippen LogP) is 6.55. The van der Waals surface area contributed by atoms with E-state index in [4.69, 9.17) is 0 Å². The maximum Gasteiger partial charge on any atom is 0.242 e. The number of carbonyl (C=O) groups is 2. The van der Waals surface area contributed by atoms with Crippen LogP contribution in [0, 0.1) is 12.7 Å². The van der Waals surface area contributed by atoms with Gasteiger partial charge in [-0.25, -0.2) is 4.39 Å². The van der Waals surface area contributed by atoms with Crippen molar-refractivity contribution in [1.82, 2.24) is 9.80 Å². The number of aryl methyl sites for hydroxylation is 1. The summed E-state index contributed by atoms with van der Waals surface area (Å²) in [7, 11) is 0. The number of thiophene rings is 1. The molecule has 0 spiro atoms. The van der Waals surface area contributed by atoms with Crippen molar-refractivity contribution in [3.8, 4) is 0 Å². The highest BCUT2D eigenvalue weighted by Crippen LogP contribution is 2.25. The van der Waals surface area contributed by atoms with Gasteiger partial charge in [-0.2, -0.15) is 0 Å². The van der Waals surface area contributed by atoms with E-state index >= 15 is 0 Å². The molecule has 4 nitrogen and oxygen atoms in total. The highest BCUT2D eigenvalue weighted by molar-refractivity contribution is 7.10. The van der Waals surface area contributed by atoms with Gasteiger partial charge < -0.3 is 9.80 Å². The van der Waals surface area contributed by atoms with Crippen LogP contribution in [0.15, 0.2) is 66.0 Å². The first-order valence-electron chi connectivity index (χ1n) is 12.2. The molecule has 0 fully saturated rings. The van der Waals surface area contributed by atoms with Crippen molar-refractivity contribution < 1.29 is 14.0 Å². The fraction of sp³-hybridized carbons (Fsp3) is 0.379. The summed E-state index contributed by atoms with van der Waals surface area (Å²) in [5.74, 6) is -0.724. The summed E-state index contributed by atoms with van der Waals surface area (Å²) in [6.45, 7) is 8.90. The van der Waals surface area contributed by atoms with Crippen LogP contribution in [0.25, 0.3) is 0 Å². The van der Waals surface area contributed by atoms with Crippen LogP contribution in [0.3, 0.4) is 0 Å². The van der Waals surface area contributed by atoms with E-state index in [-0.39, 0.29) is 36.1 Å². The van der Waals surface area contributed by atoms with Crippen molar-refractivity contribution in [2.45, 2.75) is 65.6 Å². The highest BCUT2D eigenvalue weighted by atomic mass is 32.1. The lowest BCUT2D eigenvalue weighted by molar-refractivity contribution is -0.144. The summed E-state index contributed by atoms with van der Waals surface area (Å²) < 4.78 is 13.5. The van der Waals surface area contributed by atoms with E-state index in [2.05, 4.69) is 0 Å². The molecule has 186 valence electrons. The van der Waals surface area contributed by atoms with Gasteiger partial charge in [-0.1, -0.05) is 56.3 Å². The molecule has 2 atom stereocenters. The van der Waals surface area contributed by atoms with E-state index in [0.717, 1.165) is 28.0 Å². The van der Waals surface area contributed by atoms with E-state index in [1.807, 2.05) is 69.5 Å². The third-order valence-electron chi connectivity index (χ3n) is 6.56. The van der Waals surface area contributed by atoms with Crippen LogP contribution in [0.4, 0.5) is 4.39 Å². The minimum atomic E-state index is -0.305. The summed E-state index contributed by atoms with van der Waals surface area (Å²) >= 11 is 1.62. The smallest absolute Gasteiger partial charge is 0.242 e. The summed E-state index contributed by atoms with van der Waals surface area (Å²) in [5.41, 5.74) is 2.96. The Kier molecular flexibility index (Phi) is 9.61. The SMILES string of the molecule is CCC(C(=O)N(CC(=O)N(Cc1ccc(F)cc1)Cc1sccc1C)C(C)CC)c1ccccc1. The Morgan fingerprint density at radius 1 is 0.943 bits per heavy atom. The molecule has 35 heavy (non-hydrogen) atoms. The first-order valence-corrected chi connectivity index (χ1v) is 13.1. The highest BCUT2D eigenvalue weighted by Gasteiger charge is 2.30. The molecule has 0 aliphatic carbocycles. The Balaban J connectivity index is 1.86. The Morgan fingerprint density at radius 2 is 1.63 bits per heavy atom. The summed E-state index contributed by atoms with van der Waals surface area (Å²) in [4.78, 5) is 32.0. The second-order valence-corrected chi connectivity index (χ2v) is 10.00. The van der Waals surface area contributed by atoms with Crippen LogP contribution in [0.1, 0.15) is 61.1 Å². The fourth-order valence-corrected chi connectivity index (χ4v) is 5.06. The Labute approximate surface area is 212 Å². The van der Waals surface area contributed by atoms with Crippen LogP contribution in [-0.4, -0.2) is 34.2 Å². The van der Waals surface area contributed by atoms with Gasteiger partial charge in [-0.05, 0) is 67.0 Å². The van der Waals surface area contributed by atoms with E-state index in [9.17, 15) is 14.0 Å². The molecule has 0 aliphatic rings. The number of amides is 2. The monoisotopic (exact) mass is 494 g/mol. The van der Waals surface area contributed by atoms with Crippen molar-refractivity contribution in [3.63, 3.8) is 0 Å². The Morgan fingerprint density at radius 3 is 2.20 bits per heavy atom. The lowest BCUT2D eigenvalue weighted by Crippen LogP contribution is -2.47. The maximum absolute atomic E-state index is 13.7. The largest absolute Gasteiger partial charge is 0.332 e. The summed E-state index contributed by atoms with van der Waals surface area (Å²) in [6, 6.07) is 18.0. The fourth-order valence-electron chi connectivity index (χ4n) is 4.14. The van der Waals surface area contributed by atoms with Gasteiger partial charge in [0.05, 0.1) is 12.5 Å². The quantitative estimate of drug-likeness (QED) is 0.303. The first-order chi connectivity index (χ1) is 16.8. The molecule has 0 saturated carbocycles. The van der Waals surface area contributed by atoms with E-state index in [0.29, 0.717) is 19.5 Å². The van der Waals surface area contributed by atoms with Crippen molar-refractivity contribution in [2.75, 3.05) is 6.54 Å². The predicted molar refractivity (Wildman–Crippen MR) is 141 cm³/mol. The van der Waals surface area contributed by atoms with Gasteiger partial charge in [-0.15, -0.1) is 11.3 Å². The number of carbonyl (C=O) groups excluding carboxylic acids is 2. The molecule has 0 saturated heterocycles. The van der Waals surface area contributed by atoms with Gasteiger partial charge in [0.25, 0.3) is 0 Å². The standard InChI is InChI=1S/C29H35FN2O2S/c1-5-22(4)32(29(34)26(6-2)24-10-8-7-9-11-24)20-28(33)31(19-27-21(3)16-17-35-27)18-23-12-14-25(30)15-13-23/h7-17,22,26H,5-6,18-20H2,1-4H3. The number of rotatable bonds is 11. The van der Waals surface area contributed by atoms with E-state index in [1.54, 1.807) is 33.3 Å². The van der Waals surface area contributed by atoms with Crippen LogP contribution >= 0.6 is 11.3 Å². The minimum absolute atomic E-state index is 0.0167. The maximum atomic E-state index is 13.7. The molecule has 1 aromatic heterocycles. The topological polar surface area (TPSA) is 40.6 Å². The average molecular weight is 495 g/mol. The van der Waals surface area contributed by atoms with Crippen LogP contribution in [0.5, 0.6) is 0 Å². The molecular weight excluding hydrogens is 459 g/mol. The summed E-state index contributed by atoms with van der Waals surface area (Å²) in [6.07, 6.45) is 1.42. The van der Waals surface area contributed by atoms with Gasteiger partial charge in [0.2, 0.25) is 11.8 Å². The van der Waals surface area contributed by atoms with Gasteiger partial charge in [0, 0.05) is 17.5 Å². The molecule has 2 unspecified atom stereocenters.